The molecule has 1 N–H and O–H groups in total. The van der Waals surface area contributed by atoms with E-state index in [4.69, 9.17) is 4.74 Å². The summed E-state index contributed by atoms with van der Waals surface area (Å²) in [6, 6.07) is 0. The van der Waals surface area contributed by atoms with Crippen LogP contribution in [0.2, 0.25) is 0 Å². The molecule has 2 aliphatic rings. The number of hydrogen-bond acceptors (Lipinski definition) is 6. The zero-order chi connectivity index (χ0) is 16.9. The molecule has 5 nitrogen and oxygen atoms in total. The topological polar surface area (TPSA) is 58.5 Å². The van der Waals surface area contributed by atoms with Gasteiger partial charge < -0.3 is 14.7 Å². The maximum atomic E-state index is 10.4. The number of aryl methyl sites for hydroxylation is 2. The Hall–Kier alpha value is -1.24. The zero-order valence-corrected chi connectivity index (χ0v) is 15.4. The second kappa shape index (κ2) is 5.93. The van der Waals surface area contributed by atoms with E-state index in [1.54, 1.807) is 17.7 Å². The van der Waals surface area contributed by atoms with Crippen molar-refractivity contribution in [3.8, 4) is 0 Å². The third-order valence-corrected chi connectivity index (χ3v) is 7.16. The van der Waals surface area contributed by atoms with Crippen molar-refractivity contribution in [1.29, 1.82) is 0 Å². The van der Waals surface area contributed by atoms with Gasteiger partial charge in [0.15, 0.2) is 0 Å². The Morgan fingerprint density at radius 2 is 2.08 bits per heavy atom. The summed E-state index contributed by atoms with van der Waals surface area (Å²) in [5.74, 6) is 1.05. The van der Waals surface area contributed by atoms with Crippen LogP contribution in [0, 0.1) is 19.3 Å². The highest BCUT2D eigenvalue weighted by atomic mass is 32.1. The lowest BCUT2D eigenvalue weighted by atomic mass is 9.58. The quantitative estimate of drug-likeness (QED) is 0.925. The van der Waals surface area contributed by atoms with E-state index in [1.807, 2.05) is 6.92 Å². The van der Waals surface area contributed by atoms with E-state index in [2.05, 4.69) is 28.7 Å². The molecule has 1 saturated carbocycles. The molecule has 0 radical (unpaired) electrons. The largest absolute Gasteiger partial charge is 0.392 e. The van der Waals surface area contributed by atoms with Crippen LogP contribution in [-0.4, -0.2) is 47.0 Å². The van der Waals surface area contributed by atoms with Crippen molar-refractivity contribution in [2.75, 3.05) is 24.6 Å². The normalized spacial score (nSPS) is 26.1. The van der Waals surface area contributed by atoms with Gasteiger partial charge in [-0.05, 0) is 39.2 Å². The van der Waals surface area contributed by atoms with E-state index in [-0.39, 0.29) is 17.6 Å². The first-order valence-corrected chi connectivity index (χ1v) is 9.64. The average Bonchev–Trinajstić information content (AvgIpc) is 2.89. The first-order valence-electron chi connectivity index (χ1n) is 8.82. The Kier molecular flexibility index (Phi) is 4.01. The molecular formula is C18H25N3O2S. The molecular weight excluding hydrogens is 322 g/mol. The maximum absolute atomic E-state index is 10.4. The van der Waals surface area contributed by atoms with Gasteiger partial charge in [-0.25, -0.2) is 9.97 Å². The van der Waals surface area contributed by atoms with E-state index in [0.717, 1.165) is 49.6 Å². The standard InChI is InChI=1S/C18H25N3O2S/c1-4-23-14-9-13(22)18(14)5-7-21(8-6-18)16-15-11(2)12(3)24-17(15)20-10-19-16/h10,13-14,22H,4-9H2,1-3H3/t13-,14+/m1/s1. The van der Waals surface area contributed by atoms with Crippen molar-refractivity contribution in [2.24, 2.45) is 5.41 Å². The van der Waals surface area contributed by atoms with Crippen LogP contribution in [0.4, 0.5) is 5.82 Å². The molecule has 6 heteroatoms. The van der Waals surface area contributed by atoms with Crippen LogP contribution < -0.4 is 4.90 Å². The summed E-state index contributed by atoms with van der Waals surface area (Å²) in [6.45, 7) is 8.90. The van der Waals surface area contributed by atoms with Crippen molar-refractivity contribution in [3.05, 3.63) is 16.8 Å². The van der Waals surface area contributed by atoms with Gasteiger partial charge in [0.1, 0.15) is 17.0 Å². The van der Waals surface area contributed by atoms with Gasteiger partial charge in [-0.15, -0.1) is 11.3 Å². The highest BCUT2D eigenvalue weighted by molar-refractivity contribution is 7.18. The fraction of sp³-hybridized carbons (Fsp3) is 0.667. The number of anilines is 1. The van der Waals surface area contributed by atoms with Crippen LogP contribution in [-0.2, 0) is 4.74 Å². The monoisotopic (exact) mass is 347 g/mol. The van der Waals surface area contributed by atoms with Crippen LogP contribution in [0.25, 0.3) is 10.2 Å². The number of thiophene rings is 1. The molecule has 0 amide bonds. The minimum atomic E-state index is -0.216. The number of aromatic nitrogens is 2. The Morgan fingerprint density at radius 1 is 1.33 bits per heavy atom. The van der Waals surface area contributed by atoms with Gasteiger partial charge >= 0.3 is 0 Å². The molecule has 1 aliphatic carbocycles. The van der Waals surface area contributed by atoms with Crippen LogP contribution in [0.5, 0.6) is 0 Å². The second-order valence-electron chi connectivity index (χ2n) is 7.08. The predicted octanol–water partition coefficient (Wildman–Crippen LogP) is 3.06. The Balaban J connectivity index is 1.59. The third-order valence-electron chi connectivity index (χ3n) is 6.05. The summed E-state index contributed by atoms with van der Waals surface area (Å²) in [5.41, 5.74) is 1.25. The summed E-state index contributed by atoms with van der Waals surface area (Å²) in [7, 11) is 0. The first-order chi connectivity index (χ1) is 11.6. The maximum Gasteiger partial charge on any atom is 0.141 e. The highest BCUT2D eigenvalue weighted by Gasteiger charge is 2.56. The molecule has 4 rings (SSSR count). The lowest BCUT2D eigenvalue weighted by molar-refractivity contribution is -0.199. The Morgan fingerprint density at radius 3 is 2.75 bits per heavy atom. The molecule has 2 atom stereocenters. The Bertz CT molecular complexity index is 750. The van der Waals surface area contributed by atoms with Crippen LogP contribution in [0.15, 0.2) is 6.33 Å². The van der Waals surface area contributed by atoms with Gasteiger partial charge in [0, 0.05) is 36.4 Å². The number of piperidine rings is 1. The minimum Gasteiger partial charge on any atom is -0.392 e. The van der Waals surface area contributed by atoms with Gasteiger partial charge in [0.25, 0.3) is 0 Å². The average molecular weight is 347 g/mol. The highest BCUT2D eigenvalue weighted by Crippen LogP contribution is 2.51. The summed E-state index contributed by atoms with van der Waals surface area (Å²) < 4.78 is 5.87. The predicted molar refractivity (Wildman–Crippen MR) is 96.8 cm³/mol. The summed E-state index contributed by atoms with van der Waals surface area (Å²) >= 11 is 1.74. The van der Waals surface area contributed by atoms with Gasteiger partial charge in [0.2, 0.25) is 0 Å². The Labute approximate surface area is 146 Å². The van der Waals surface area contributed by atoms with E-state index in [1.165, 1.54) is 15.8 Å². The molecule has 1 saturated heterocycles. The van der Waals surface area contributed by atoms with Crippen molar-refractivity contribution >= 4 is 27.4 Å². The minimum absolute atomic E-state index is 0.0434. The summed E-state index contributed by atoms with van der Waals surface area (Å²) in [6.07, 6.45) is 4.40. The molecule has 130 valence electrons. The van der Waals surface area contributed by atoms with E-state index in [0.29, 0.717) is 0 Å². The van der Waals surface area contributed by atoms with Crippen molar-refractivity contribution < 1.29 is 9.84 Å². The number of ether oxygens (including phenoxy) is 1. The van der Waals surface area contributed by atoms with Crippen LogP contribution >= 0.6 is 11.3 Å². The fourth-order valence-corrected chi connectivity index (χ4v) is 5.35. The summed E-state index contributed by atoms with van der Waals surface area (Å²) in [5, 5.41) is 11.6. The van der Waals surface area contributed by atoms with Crippen molar-refractivity contribution in [1.82, 2.24) is 9.97 Å². The number of aliphatic hydroxyl groups excluding tert-OH is 1. The van der Waals surface area contributed by atoms with Gasteiger partial charge in [-0.3, -0.25) is 0 Å². The van der Waals surface area contributed by atoms with E-state index >= 15 is 0 Å². The molecule has 2 fully saturated rings. The molecule has 1 aliphatic heterocycles. The van der Waals surface area contributed by atoms with Crippen molar-refractivity contribution in [3.63, 3.8) is 0 Å². The molecule has 24 heavy (non-hydrogen) atoms. The number of fused-ring (bicyclic) bond motifs is 1. The molecule has 3 heterocycles. The molecule has 0 bridgehead atoms. The SMILES string of the molecule is CCO[C@H]1C[C@@H](O)C12CCN(c1ncnc3sc(C)c(C)c13)CC2. The number of aliphatic hydroxyl groups is 1. The smallest absolute Gasteiger partial charge is 0.141 e. The number of nitrogens with zero attached hydrogens (tertiary/aromatic N) is 3. The lowest BCUT2D eigenvalue weighted by Crippen LogP contribution is -2.62. The van der Waals surface area contributed by atoms with Gasteiger partial charge in [-0.2, -0.15) is 0 Å². The van der Waals surface area contributed by atoms with Crippen LogP contribution in [0.1, 0.15) is 36.6 Å². The molecule has 0 aromatic carbocycles. The van der Waals surface area contributed by atoms with Gasteiger partial charge in [0.05, 0.1) is 17.6 Å². The summed E-state index contributed by atoms with van der Waals surface area (Å²) in [4.78, 5) is 13.8. The molecule has 2 aromatic heterocycles. The molecule has 0 unspecified atom stereocenters. The molecule has 2 aromatic rings. The molecule has 1 spiro atoms. The lowest BCUT2D eigenvalue weighted by Gasteiger charge is -2.56. The third kappa shape index (κ3) is 2.27. The fourth-order valence-electron chi connectivity index (χ4n) is 4.36. The number of rotatable bonds is 3. The second-order valence-corrected chi connectivity index (χ2v) is 8.28. The van der Waals surface area contributed by atoms with Crippen molar-refractivity contribution in [2.45, 2.75) is 52.2 Å². The first kappa shape index (κ1) is 16.2. The zero-order valence-electron chi connectivity index (χ0n) is 14.6. The van der Waals surface area contributed by atoms with Gasteiger partial charge in [-0.1, -0.05) is 0 Å². The van der Waals surface area contributed by atoms with E-state index in [9.17, 15) is 5.11 Å². The van der Waals surface area contributed by atoms with E-state index < -0.39 is 0 Å². The number of hydrogen-bond donors (Lipinski definition) is 1. The van der Waals surface area contributed by atoms with Crippen LogP contribution in [0.3, 0.4) is 0 Å².